The van der Waals surface area contributed by atoms with E-state index in [0.29, 0.717) is 18.0 Å². The normalized spacial score (nSPS) is 11.4. The Morgan fingerprint density at radius 1 is 0.917 bits per heavy atom. The molecule has 0 heterocycles. The molecule has 4 nitrogen and oxygen atoms in total. The minimum Gasteiger partial charge on any atom is -0.494 e. The van der Waals surface area contributed by atoms with Gasteiger partial charge >= 0.3 is 0 Å². The summed E-state index contributed by atoms with van der Waals surface area (Å²) in [6.45, 7) is 4.48. The van der Waals surface area contributed by atoms with Crippen molar-refractivity contribution in [3.8, 4) is 5.75 Å². The van der Waals surface area contributed by atoms with Gasteiger partial charge in [-0.05, 0) is 61.0 Å². The van der Waals surface area contributed by atoms with Crippen molar-refractivity contribution >= 4 is 26.5 Å². The summed E-state index contributed by atoms with van der Waals surface area (Å²) in [6.07, 6.45) is 0. The highest BCUT2D eigenvalue weighted by Gasteiger charge is 2.14. The van der Waals surface area contributed by atoms with Crippen molar-refractivity contribution in [1.82, 2.24) is 0 Å². The van der Waals surface area contributed by atoms with E-state index < -0.39 is 10.0 Å². The molecule has 3 rings (SSSR count). The highest BCUT2D eigenvalue weighted by Crippen LogP contribution is 2.23. The van der Waals surface area contributed by atoms with Crippen LogP contribution in [0.2, 0.25) is 0 Å². The summed E-state index contributed by atoms with van der Waals surface area (Å²) in [7, 11) is -3.63. The molecule has 5 heteroatoms. The summed E-state index contributed by atoms with van der Waals surface area (Å²) in [4.78, 5) is 0.243. The van der Waals surface area contributed by atoms with E-state index in [1.54, 1.807) is 36.4 Å². The fourth-order valence-corrected chi connectivity index (χ4v) is 3.60. The molecule has 0 aromatic heterocycles. The molecule has 0 spiro atoms. The molecule has 3 aromatic carbocycles. The fraction of sp³-hybridized carbons (Fsp3) is 0.158. The average molecular weight is 341 g/mol. The Morgan fingerprint density at radius 2 is 1.58 bits per heavy atom. The van der Waals surface area contributed by atoms with E-state index >= 15 is 0 Å². The Morgan fingerprint density at radius 3 is 2.29 bits per heavy atom. The largest absolute Gasteiger partial charge is 0.494 e. The van der Waals surface area contributed by atoms with E-state index in [4.69, 9.17) is 4.74 Å². The predicted molar refractivity (Wildman–Crippen MR) is 97.1 cm³/mol. The summed E-state index contributed by atoms with van der Waals surface area (Å²) >= 11 is 0. The third-order valence-corrected chi connectivity index (χ3v) is 5.07. The second-order valence-electron chi connectivity index (χ2n) is 5.58. The summed E-state index contributed by atoms with van der Waals surface area (Å²) in [5.41, 5.74) is 1.65. The number of anilines is 1. The molecule has 0 saturated carbocycles. The lowest BCUT2D eigenvalue weighted by atomic mass is 10.1. The molecule has 0 saturated heterocycles. The maximum Gasteiger partial charge on any atom is 0.261 e. The maximum absolute atomic E-state index is 12.6. The zero-order valence-electron chi connectivity index (χ0n) is 13.6. The molecule has 1 N–H and O–H groups in total. The number of ether oxygens (including phenoxy) is 1. The molecule has 0 fully saturated rings. The quantitative estimate of drug-likeness (QED) is 0.751. The highest BCUT2D eigenvalue weighted by atomic mass is 32.2. The molecule has 24 heavy (non-hydrogen) atoms. The number of fused-ring (bicyclic) bond motifs is 1. The number of hydrogen-bond donors (Lipinski definition) is 1. The van der Waals surface area contributed by atoms with Crippen LogP contribution < -0.4 is 9.46 Å². The molecule has 0 aliphatic carbocycles. The zero-order valence-corrected chi connectivity index (χ0v) is 14.4. The Hall–Kier alpha value is -2.53. The van der Waals surface area contributed by atoms with Crippen LogP contribution in [-0.4, -0.2) is 15.0 Å². The number of hydrogen-bond acceptors (Lipinski definition) is 3. The van der Waals surface area contributed by atoms with Gasteiger partial charge in [0, 0.05) is 5.69 Å². The van der Waals surface area contributed by atoms with E-state index in [9.17, 15) is 8.42 Å². The first kappa shape index (κ1) is 16.3. The van der Waals surface area contributed by atoms with Crippen LogP contribution in [0.3, 0.4) is 0 Å². The molecule has 0 radical (unpaired) electrons. The molecule has 124 valence electrons. The van der Waals surface area contributed by atoms with Gasteiger partial charge in [0.15, 0.2) is 0 Å². The first-order valence-corrected chi connectivity index (χ1v) is 9.22. The maximum atomic E-state index is 12.6. The Balaban J connectivity index is 1.88. The minimum absolute atomic E-state index is 0.243. The monoisotopic (exact) mass is 341 g/mol. The Bertz CT molecular complexity index is 964. The topological polar surface area (TPSA) is 55.4 Å². The molecular weight excluding hydrogens is 322 g/mol. The van der Waals surface area contributed by atoms with Crippen LogP contribution in [0.15, 0.2) is 65.6 Å². The van der Waals surface area contributed by atoms with Crippen molar-refractivity contribution in [3.05, 3.63) is 66.2 Å². The second-order valence-corrected chi connectivity index (χ2v) is 7.26. The first-order valence-electron chi connectivity index (χ1n) is 7.74. The molecule has 3 aromatic rings. The van der Waals surface area contributed by atoms with Gasteiger partial charge in [-0.2, -0.15) is 0 Å². The first-order chi connectivity index (χ1) is 11.5. The standard InChI is InChI=1S/C19H19NO3S/c1-3-23-18-9-7-17(8-10-18)20-24(21,22)19-11-6-15-12-14(2)4-5-16(15)13-19/h4-13,20H,3H2,1-2H3. The lowest BCUT2D eigenvalue weighted by molar-refractivity contribution is 0.340. The van der Waals surface area contributed by atoms with Crippen molar-refractivity contribution < 1.29 is 13.2 Å². The average Bonchev–Trinajstić information content (AvgIpc) is 2.56. The van der Waals surface area contributed by atoms with Crippen molar-refractivity contribution in [1.29, 1.82) is 0 Å². The van der Waals surface area contributed by atoms with E-state index in [-0.39, 0.29) is 4.90 Å². The smallest absolute Gasteiger partial charge is 0.261 e. The van der Waals surface area contributed by atoms with Gasteiger partial charge in [-0.15, -0.1) is 0 Å². The van der Waals surface area contributed by atoms with Crippen molar-refractivity contribution in [2.45, 2.75) is 18.7 Å². The third-order valence-electron chi connectivity index (χ3n) is 3.70. The summed E-state index contributed by atoms with van der Waals surface area (Å²) < 4.78 is 33.1. The van der Waals surface area contributed by atoms with E-state index in [1.165, 1.54) is 0 Å². The van der Waals surface area contributed by atoms with Gasteiger partial charge in [0.25, 0.3) is 10.0 Å². The number of benzene rings is 3. The van der Waals surface area contributed by atoms with Crippen LogP contribution in [0.5, 0.6) is 5.75 Å². The minimum atomic E-state index is -3.63. The highest BCUT2D eigenvalue weighted by molar-refractivity contribution is 7.92. The van der Waals surface area contributed by atoms with Crippen LogP contribution in [0.4, 0.5) is 5.69 Å². The molecule has 0 bridgehead atoms. The van der Waals surface area contributed by atoms with E-state index in [0.717, 1.165) is 16.3 Å². The Kier molecular flexibility index (Phi) is 4.44. The summed E-state index contributed by atoms with van der Waals surface area (Å²) in [6, 6.07) is 17.9. The lowest BCUT2D eigenvalue weighted by Crippen LogP contribution is -2.12. The SMILES string of the molecule is CCOc1ccc(NS(=O)(=O)c2ccc3cc(C)ccc3c2)cc1. The van der Waals surface area contributed by atoms with Crippen LogP contribution in [-0.2, 0) is 10.0 Å². The molecule has 0 aliphatic heterocycles. The van der Waals surface area contributed by atoms with Crippen molar-refractivity contribution in [3.63, 3.8) is 0 Å². The van der Waals surface area contributed by atoms with Gasteiger partial charge < -0.3 is 4.74 Å². The van der Waals surface area contributed by atoms with Gasteiger partial charge in [0.05, 0.1) is 11.5 Å². The van der Waals surface area contributed by atoms with E-state index in [1.807, 2.05) is 38.1 Å². The number of aryl methyl sites for hydroxylation is 1. The van der Waals surface area contributed by atoms with Crippen LogP contribution in [0, 0.1) is 6.92 Å². The molecule has 0 unspecified atom stereocenters. The fourth-order valence-electron chi connectivity index (χ4n) is 2.51. The number of rotatable bonds is 5. The summed E-state index contributed by atoms with van der Waals surface area (Å²) in [5.74, 6) is 0.710. The van der Waals surface area contributed by atoms with Crippen LogP contribution >= 0.6 is 0 Å². The summed E-state index contributed by atoms with van der Waals surface area (Å²) in [5, 5.41) is 1.92. The molecule has 0 aliphatic rings. The molecule has 0 amide bonds. The molecule has 0 atom stereocenters. The number of sulfonamides is 1. The Labute approximate surface area is 142 Å². The second kappa shape index (κ2) is 6.53. The van der Waals surface area contributed by atoms with E-state index in [2.05, 4.69) is 4.72 Å². The van der Waals surface area contributed by atoms with Gasteiger partial charge in [-0.1, -0.05) is 29.8 Å². The van der Waals surface area contributed by atoms with Crippen LogP contribution in [0.1, 0.15) is 12.5 Å². The third kappa shape index (κ3) is 3.51. The van der Waals surface area contributed by atoms with Crippen molar-refractivity contribution in [2.75, 3.05) is 11.3 Å². The van der Waals surface area contributed by atoms with Gasteiger partial charge in [0.1, 0.15) is 5.75 Å². The van der Waals surface area contributed by atoms with Crippen molar-refractivity contribution in [2.24, 2.45) is 0 Å². The number of nitrogens with one attached hydrogen (secondary N) is 1. The van der Waals surface area contributed by atoms with Crippen LogP contribution in [0.25, 0.3) is 10.8 Å². The predicted octanol–water partition coefficient (Wildman–Crippen LogP) is 4.35. The molecular formula is C19H19NO3S. The van der Waals surface area contributed by atoms with Gasteiger partial charge in [-0.25, -0.2) is 8.42 Å². The lowest BCUT2D eigenvalue weighted by Gasteiger charge is -2.10. The zero-order chi connectivity index (χ0) is 17.2. The van der Waals surface area contributed by atoms with Gasteiger partial charge in [0.2, 0.25) is 0 Å². The van der Waals surface area contributed by atoms with Gasteiger partial charge in [-0.3, -0.25) is 4.72 Å².